The molecule has 0 fully saturated rings. The van der Waals surface area contributed by atoms with Crippen LogP contribution in [0.3, 0.4) is 0 Å². The third-order valence-electron chi connectivity index (χ3n) is 5.27. The number of aryl methyl sites for hydroxylation is 2. The number of halogens is 2. The van der Waals surface area contributed by atoms with Crippen LogP contribution >= 0.6 is 27.5 Å². The summed E-state index contributed by atoms with van der Waals surface area (Å²) in [6.07, 6.45) is 1.47. The second-order valence-corrected chi connectivity index (χ2v) is 10.9. The van der Waals surface area contributed by atoms with Gasteiger partial charge in [-0.1, -0.05) is 71.7 Å². The summed E-state index contributed by atoms with van der Waals surface area (Å²) in [5.41, 5.74) is 3.52. The van der Waals surface area contributed by atoms with E-state index in [0.29, 0.717) is 5.02 Å². The highest BCUT2D eigenvalue weighted by Gasteiger charge is 2.27. The molecule has 0 atom stereocenters. The van der Waals surface area contributed by atoms with Gasteiger partial charge in [0, 0.05) is 21.7 Å². The van der Waals surface area contributed by atoms with E-state index >= 15 is 0 Å². The lowest BCUT2D eigenvalue weighted by atomic mass is 10.0. The number of benzene rings is 3. The molecule has 0 aliphatic heterocycles. The number of amides is 1. The molecular formula is C25H26BrClN2O3S. The maximum atomic E-state index is 13.4. The summed E-state index contributed by atoms with van der Waals surface area (Å²) in [7, 11) is -3.94. The SMILES string of the molecule is CCc1cc(Br)cc(CC)c1NC(=O)CN(Cc1ccccc1)S(=O)(=O)c1ccc(Cl)cc1. The second kappa shape index (κ2) is 11.3. The lowest BCUT2D eigenvalue weighted by Crippen LogP contribution is -2.37. The maximum absolute atomic E-state index is 13.4. The van der Waals surface area contributed by atoms with E-state index in [4.69, 9.17) is 11.6 Å². The molecule has 0 radical (unpaired) electrons. The Labute approximate surface area is 209 Å². The highest BCUT2D eigenvalue weighted by molar-refractivity contribution is 9.10. The monoisotopic (exact) mass is 548 g/mol. The predicted molar refractivity (Wildman–Crippen MR) is 137 cm³/mol. The molecule has 0 bridgehead atoms. The number of carbonyl (C=O) groups is 1. The van der Waals surface area contributed by atoms with Gasteiger partial charge in [-0.3, -0.25) is 4.79 Å². The number of rotatable bonds is 9. The Kier molecular flexibility index (Phi) is 8.70. The first-order chi connectivity index (χ1) is 15.7. The molecule has 0 unspecified atom stereocenters. The zero-order chi connectivity index (χ0) is 24.0. The molecule has 0 saturated carbocycles. The molecular weight excluding hydrogens is 524 g/mol. The molecule has 1 amide bonds. The molecule has 174 valence electrons. The average molecular weight is 550 g/mol. The van der Waals surface area contributed by atoms with Gasteiger partial charge >= 0.3 is 0 Å². The number of nitrogens with zero attached hydrogens (tertiary/aromatic N) is 1. The van der Waals surface area contributed by atoms with E-state index in [1.807, 2.05) is 56.3 Å². The zero-order valence-electron chi connectivity index (χ0n) is 18.5. The van der Waals surface area contributed by atoms with E-state index in [9.17, 15) is 13.2 Å². The van der Waals surface area contributed by atoms with Crippen molar-refractivity contribution < 1.29 is 13.2 Å². The predicted octanol–water partition coefficient (Wildman–Crippen LogP) is 6.06. The molecule has 0 aliphatic carbocycles. The van der Waals surface area contributed by atoms with Crippen LogP contribution in [0.25, 0.3) is 0 Å². The largest absolute Gasteiger partial charge is 0.324 e. The fourth-order valence-corrected chi connectivity index (χ4v) is 5.61. The van der Waals surface area contributed by atoms with Crippen LogP contribution in [0.2, 0.25) is 5.02 Å². The highest BCUT2D eigenvalue weighted by Crippen LogP contribution is 2.28. The van der Waals surface area contributed by atoms with E-state index < -0.39 is 15.9 Å². The average Bonchev–Trinajstić information content (AvgIpc) is 2.80. The third-order valence-corrected chi connectivity index (χ3v) is 7.78. The molecule has 0 saturated heterocycles. The first kappa shape index (κ1) is 25.4. The maximum Gasteiger partial charge on any atom is 0.243 e. The first-order valence-electron chi connectivity index (χ1n) is 10.6. The topological polar surface area (TPSA) is 66.5 Å². The molecule has 8 heteroatoms. The number of sulfonamides is 1. The zero-order valence-corrected chi connectivity index (χ0v) is 21.7. The van der Waals surface area contributed by atoms with Crippen molar-refractivity contribution in [1.29, 1.82) is 0 Å². The minimum Gasteiger partial charge on any atom is -0.324 e. The van der Waals surface area contributed by atoms with Gasteiger partial charge in [0.15, 0.2) is 0 Å². The normalized spacial score (nSPS) is 11.5. The Hall–Kier alpha value is -2.19. The second-order valence-electron chi connectivity index (χ2n) is 7.57. The van der Waals surface area contributed by atoms with Gasteiger partial charge in [-0.25, -0.2) is 8.42 Å². The van der Waals surface area contributed by atoms with Gasteiger partial charge in [0.25, 0.3) is 0 Å². The molecule has 5 nitrogen and oxygen atoms in total. The number of anilines is 1. The quantitative estimate of drug-likeness (QED) is 0.353. The van der Waals surface area contributed by atoms with Crippen molar-refractivity contribution >= 4 is 49.1 Å². The van der Waals surface area contributed by atoms with Crippen molar-refractivity contribution in [2.45, 2.75) is 38.1 Å². The van der Waals surface area contributed by atoms with E-state index in [2.05, 4.69) is 21.2 Å². The summed E-state index contributed by atoms with van der Waals surface area (Å²) < 4.78 is 29.0. The summed E-state index contributed by atoms with van der Waals surface area (Å²) in [5.74, 6) is -0.393. The lowest BCUT2D eigenvalue weighted by Gasteiger charge is -2.23. The van der Waals surface area contributed by atoms with Gasteiger partial charge in [-0.15, -0.1) is 0 Å². The van der Waals surface area contributed by atoms with Crippen LogP contribution in [-0.2, 0) is 34.2 Å². The summed E-state index contributed by atoms with van der Waals surface area (Å²) in [5, 5.41) is 3.41. The Morgan fingerprint density at radius 3 is 2.09 bits per heavy atom. The Morgan fingerprint density at radius 2 is 1.55 bits per heavy atom. The molecule has 3 rings (SSSR count). The van der Waals surface area contributed by atoms with Crippen molar-refractivity contribution in [2.24, 2.45) is 0 Å². The standard InChI is InChI=1S/C25H26BrClN2O3S/c1-3-19-14-21(26)15-20(4-2)25(19)28-24(30)17-29(16-18-8-6-5-7-9-18)33(31,32)23-12-10-22(27)11-13-23/h5-15H,3-4,16-17H2,1-2H3,(H,28,30). The summed E-state index contributed by atoms with van der Waals surface area (Å²) in [6, 6.07) is 19.1. The van der Waals surface area contributed by atoms with Crippen molar-refractivity contribution in [3.63, 3.8) is 0 Å². The van der Waals surface area contributed by atoms with E-state index in [1.165, 1.54) is 28.6 Å². The minimum atomic E-state index is -3.94. The molecule has 33 heavy (non-hydrogen) atoms. The first-order valence-corrected chi connectivity index (χ1v) is 13.3. The number of hydrogen-bond acceptors (Lipinski definition) is 3. The molecule has 3 aromatic carbocycles. The number of carbonyl (C=O) groups excluding carboxylic acids is 1. The van der Waals surface area contributed by atoms with Crippen molar-refractivity contribution in [2.75, 3.05) is 11.9 Å². The molecule has 3 aromatic rings. The van der Waals surface area contributed by atoms with Crippen LogP contribution in [0.15, 0.2) is 76.1 Å². The Balaban J connectivity index is 1.92. The van der Waals surface area contributed by atoms with Gasteiger partial charge in [0.2, 0.25) is 15.9 Å². The summed E-state index contributed by atoms with van der Waals surface area (Å²) in [4.78, 5) is 13.2. The Morgan fingerprint density at radius 1 is 0.970 bits per heavy atom. The van der Waals surface area contributed by atoms with Crippen LogP contribution in [0, 0.1) is 0 Å². The van der Waals surface area contributed by atoms with E-state index in [1.54, 1.807) is 0 Å². The van der Waals surface area contributed by atoms with Crippen LogP contribution < -0.4 is 5.32 Å². The third kappa shape index (κ3) is 6.44. The van der Waals surface area contributed by atoms with Crippen LogP contribution in [0.4, 0.5) is 5.69 Å². The molecule has 0 spiro atoms. The molecule has 0 aliphatic rings. The van der Waals surface area contributed by atoms with Crippen LogP contribution in [-0.4, -0.2) is 25.2 Å². The van der Waals surface area contributed by atoms with Gasteiger partial charge in [-0.05, 0) is 65.9 Å². The fraction of sp³-hybridized carbons (Fsp3) is 0.240. The smallest absolute Gasteiger partial charge is 0.243 e. The van der Waals surface area contributed by atoms with Crippen LogP contribution in [0.5, 0.6) is 0 Å². The molecule has 0 aromatic heterocycles. The molecule has 1 N–H and O–H groups in total. The minimum absolute atomic E-state index is 0.0703. The molecule has 0 heterocycles. The summed E-state index contributed by atoms with van der Waals surface area (Å²) >= 11 is 9.46. The van der Waals surface area contributed by atoms with Crippen molar-refractivity contribution in [3.05, 3.63) is 92.9 Å². The number of nitrogens with one attached hydrogen (secondary N) is 1. The van der Waals surface area contributed by atoms with Gasteiger partial charge in [0.1, 0.15) is 0 Å². The Bertz CT molecular complexity index is 1190. The van der Waals surface area contributed by atoms with E-state index in [-0.39, 0.29) is 18.0 Å². The lowest BCUT2D eigenvalue weighted by molar-refractivity contribution is -0.116. The van der Waals surface area contributed by atoms with Gasteiger partial charge < -0.3 is 5.32 Å². The van der Waals surface area contributed by atoms with Gasteiger partial charge in [-0.2, -0.15) is 4.31 Å². The van der Waals surface area contributed by atoms with Crippen molar-refractivity contribution in [1.82, 2.24) is 4.31 Å². The highest BCUT2D eigenvalue weighted by atomic mass is 79.9. The van der Waals surface area contributed by atoms with Crippen molar-refractivity contribution in [3.8, 4) is 0 Å². The van der Waals surface area contributed by atoms with E-state index in [0.717, 1.165) is 39.7 Å². The fourth-order valence-electron chi connectivity index (χ4n) is 3.55. The van der Waals surface area contributed by atoms with Gasteiger partial charge in [0.05, 0.1) is 11.4 Å². The number of hydrogen-bond donors (Lipinski definition) is 1. The van der Waals surface area contributed by atoms with Crippen LogP contribution in [0.1, 0.15) is 30.5 Å². The summed E-state index contributed by atoms with van der Waals surface area (Å²) in [6.45, 7) is 3.79.